The monoisotopic (exact) mass is 487 g/mol. The van der Waals surface area contributed by atoms with Gasteiger partial charge in [-0.1, -0.05) is 35.9 Å². The van der Waals surface area contributed by atoms with Crippen LogP contribution in [0, 0.1) is 3.57 Å². The molecule has 4 rings (SSSR count). The number of hydrogen-bond donors (Lipinski definition) is 1. The third kappa shape index (κ3) is 3.99. The van der Waals surface area contributed by atoms with E-state index in [4.69, 9.17) is 11.6 Å². The number of benzene rings is 3. The summed E-state index contributed by atoms with van der Waals surface area (Å²) in [4.78, 5) is 19.0. The summed E-state index contributed by atoms with van der Waals surface area (Å²) < 4.78 is 1.16. The first-order chi connectivity index (χ1) is 13.1. The number of halogens is 2. The Labute approximate surface area is 176 Å². The quantitative estimate of drug-likeness (QED) is 0.455. The van der Waals surface area contributed by atoms with Crippen LogP contribution >= 0.6 is 34.2 Å². The number of nitrogens with one attached hydrogen (secondary N) is 1. The maximum atomic E-state index is 12.5. The number of hydrogen-bond acceptors (Lipinski definition) is 1. The van der Waals surface area contributed by atoms with Crippen molar-refractivity contribution in [3.63, 3.8) is 0 Å². The van der Waals surface area contributed by atoms with Crippen molar-refractivity contribution >= 4 is 57.4 Å². The molecule has 0 bridgehead atoms. The maximum absolute atomic E-state index is 12.5. The van der Waals surface area contributed by atoms with Crippen LogP contribution in [0.5, 0.6) is 0 Å². The fourth-order valence-electron chi connectivity index (χ4n) is 3.00. The zero-order valence-corrected chi connectivity index (χ0v) is 17.1. The van der Waals surface area contributed by atoms with E-state index in [0.29, 0.717) is 23.1 Å². The number of carbonyl (C=O) groups excluding carboxylic acids is 1. The van der Waals surface area contributed by atoms with Crippen LogP contribution in [-0.4, -0.2) is 11.9 Å². The number of amidine groups is 1. The third-order valence-electron chi connectivity index (χ3n) is 4.28. The first-order valence-corrected chi connectivity index (χ1v) is 9.82. The number of fused-ring (bicyclic) bond motifs is 1. The summed E-state index contributed by atoms with van der Waals surface area (Å²) >= 11 is 8.17. The summed E-state index contributed by atoms with van der Waals surface area (Å²) in [6, 6.07) is 22.7. The fraction of sp³-hybridized carbons (Fsp3) is 0.0476. The lowest BCUT2D eigenvalue weighted by molar-refractivity contribution is 0.259. The molecule has 6 heteroatoms. The Morgan fingerprint density at radius 3 is 2.44 bits per heavy atom. The van der Waals surface area contributed by atoms with Gasteiger partial charge in [0.05, 0.1) is 6.54 Å². The van der Waals surface area contributed by atoms with Crippen LogP contribution < -0.4 is 10.2 Å². The van der Waals surface area contributed by atoms with Crippen LogP contribution in [0.1, 0.15) is 11.1 Å². The molecule has 0 saturated carbocycles. The van der Waals surface area contributed by atoms with Gasteiger partial charge in [0.15, 0.2) is 0 Å². The number of carbonyl (C=O) groups is 1. The molecule has 2 amide bonds. The lowest BCUT2D eigenvalue weighted by Gasteiger charge is -2.19. The minimum atomic E-state index is -0.417. The Morgan fingerprint density at radius 1 is 1.00 bits per heavy atom. The van der Waals surface area contributed by atoms with Crippen LogP contribution in [0.2, 0.25) is 5.02 Å². The van der Waals surface area contributed by atoms with Gasteiger partial charge in [-0.3, -0.25) is 0 Å². The molecule has 3 aromatic rings. The molecule has 0 radical (unpaired) electrons. The van der Waals surface area contributed by atoms with Gasteiger partial charge in [0.25, 0.3) is 0 Å². The third-order valence-corrected chi connectivity index (χ3v) is 5.25. The molecule has 0 aromatic heterocycles. The van der Waals surface area contributed by atoms with Crippen LogP contribution in [0.25, 0.3) is 0 Å². The van der Waals surface area contributed by atoms with Gasteiger partial charge in [-0.2, -0.15) is 4.99 Å². The number of nitrogens with zero attached hydrogens (tertiary/aromatic N) is 2. The highest BCUT2D eigenvalue weighted by atomic mass is 127. The summed E-state index contributed by atoms with van der Waals surface area (Å²) in [6.45, 7) is 0.684. The van der Waals surface area contributed by atoms with Gasteiger partial charge in [0.2, 0.25) is 0 Å². The molecule has 0 atom stereocenters. The molecule has 4 nitrogen and oxygen atoms in total. The van der Waals surface area contributed by atoms with Gasteiger partial charge in [0, 0.05) is 25.5 Å². The van der Waals surface area contributed by atoms with E-state index in [1.54, 1.807) is 24.3 Å². The van der Waals surface area contributed by atoms with E-state index in [-0.39, 0.29) is 0 Å². The normalized spacial score (nSPS) is 14.3. The molecule has 134 valence electrons. The lowest BCUT2D eigenvalue weighted by Crippen LogP contribution is -2.26. The Morgan fingerprint density at radius 2 is 1.70 bits per heavy atom. The van der Waals surface area contributed by atoms with Gasteiger partial charge in [-0.25, -0.2) is 4.79 Å². The molecule has 0 saturated heterocycles. The maximum Gasteiger partial charge on any atom is 0.347 e. The average Bonchev–Trinajstić information content (AvgIpc) is 3.03. The summed E-state index contributed by atoms with van der Waals surface area (Å²) in [7, 11) is 0. The highest BCUT2D eigenvalue weighted by Gasteiger charge is 2.27. The Hall–Kier alpha value is -2.38. The van der Waals surface area contributed by atoms with Crippen LogP contribution in [0.3, 0.4) is 0 Å². The molecule has 27 heavy (non-hydrogen) atoms. The number of urea groups is 1. The van der Waals surface area contributed by atoms with E-state index in [9.17, 15) is 4.79 Å². The molecule has 0 unspecified atom stereocenters. The Kier molecular flexibility index (Phi) is 5.13. The van der Waals surface area contributed by atoms with Crippen LogP contribution in [-0.2, 0) is 6.54 Å². The summed E-state index contributed by atoms with van der Waals surface area (Å²) in [6.07, 6.45) is 0. The second-order valence-corrected chi connectivity index (χ2v) is 7.77. The van der Waals surface area contributed by atoms with Gasteiger partial charge < -0.3 is 10.2 Å². The van der Waals surface area contributed by atoms with Crippen molar-refractivity contribution in [1.82, 2.24) is 0 Å². The van der Waals surface area contributed by atoms with Gasteiger partial charge in [0.1, 0.15) is 5.84 Å². The van der Waals surface area contributed by atoms with Crippen molar-refractivity contribution in [1.29, 1.82) is 0 Å². The van der Waals surface area contributed by atoms with E-state index >= 15 is 0 Å². The van der Waals surface area contributed by atoms with E-state index in [1.165, 1.54) is 0 Å². The predicted molar refractivity (Wildman–Crippen MR) is 119 cm³/mol. The van der Waals surface area contributed by atoms with Crippen molar-refractivity contribution in [2.75, 3.05) is 10.2 Å². The summed E-state index contributed by atoms with van der Waals surface area (Å²) in [5, 5.41) is 3.41. The SMILES string of the molecule is O=C(N=C1c2ccccc2CN1c1ccc(I)cc1)Nc1ccc(Cl)cc1. The van der Waals surface area contributed by atoms with Gasteiger partial charge in [-0.15, -0.1) is 0 Å². The molecule has 1 N–H and O–H groups in total. The predicted octanol–water partition coefficient (Wildman–Crippen LogP) is 5.94. The second-order valence-electron chi connectivity index (χ2n) is 6.09. The zero-order chi connectivity index (χ0) is 18.8. The van der Waals surface area contributed by atoms with E-state index < -0.39 is 6.03 Å². The highest BCUT2D eigenvalue weighted by Crippen LogP contribution is 2.29. The van der Waals surface area contributed by atoms with Crippen LogP contribution in [0.15, 0.2) is 77.8 Å². The number of aliphatic imine (C=N–C) groups is 1. The highest BCUT2D eigenvalue weighted by molar-refractivity contribution is 14.1. The van der Waals surface area contributed by atoms with Crippen molar-refractivity contribution in [2.45, 2.75) is 6.54 Å². The van der Waals surface area contributed by atoms with E-state index in [2.05, 4.69) is 43.9 Å². The Balaban J connectivity index is 1.67. The first kappa shape index (κ1) is 18.0. The molecule has 3 aromatic carbocycles. The molecule has 1 heterocycles. The minimum absolute atomic E-state index is 0.417. The van der Waals surface area contributed by atoms with E-state index in [0.717, 1.165) is 20.4 Å². The van der Waals surface area contributed by atoms with E-state index in [1.807, 2.05) is 42.5 Å². The first-order valence-electron chi connectivity index (χ1n) is 8.37. The molecule has 1 aliphatic heterocycles. The molecular formula is C21H15ClIN3O. The fourth-order valence-corrected chi connectivity index (χ4v) is 3.49. The van der Waals surface area contributed by atoms with Crippen molar-refractivity contribution in [3.8, 4) is 0 Å². The zero-order valence-electron chi connectivity index (χ0n) is 14.2. The van der Waals surface area contributed by atoms with Crippen molar-refractivity contribution in [3.05, 3.63) is 92.5 Å². The summed E-state index contributed by atoms with van der Waals surface area (Å²) in [5.74, 6) is 0.651. The minimum Gasteiger partial charge on any atom is -0.321 e. The topological polar surface area (TPSA) is 44.7 Å². The number of rotatable bonds is 2. The van der Waals surface area contributed by atoms with Gasteiger partial charge >= 0.3 is 6.03 Å². The lowest BCUT2D eigenvalue weighted by atomic mass is 10.1. The smallest absolute Gasteiger partial charge is 0.321 e. The van der Waals surface area contributed by atoms with Crippen molar-refractivity contribution in [2.24, 2.45) is 4.99 Å². The molecule has 1 aliphatic rings. The summed E-state index contributed by atoms with van der Waals surface area (Å²) in [5.41, 5.74) is 3.78. The van der Waals surface area contributed by atoms with Crippen LogP contribution in [0.4, 0.5) is 16.2 Å². The molecule has 0 spiro atoms. The molecule has 0 fully saturated rings. The number of anilines is 2. The standard InChI is InChI=1S/C21H15ClIN3O/c22-15-5-9-17(10-6-15)24-21(27)25-20-19-4-2-1-3-14(19)13-26(20)18-11-7-16(23)8-12-18/h1-12H,13H2,(H,24,27). The number of amides is 2. The molecular weight excluding hydrogens is 473 g/mol. The second kappa shape index (κ2) is 7.70. The van der Waals surface area contributed by atoms with Gasteiger partial charge in [-0.05, 0) is 76.7 Å². The largest absolute Gasteiger partial charge is 0.347 e. The molecule has 0 aliphatic carbocycles. The van der Waals surface area contributed by atoms with Crippen molar-refractivity contribution < 1.29 is 4.79 Å². The average molecular weight is 488 g/mol. The Bertz CT molecular complexity index is 1020.